The second kappa shape index (κ2) is 3.23. The first-order valence-electron chi connectivity index (χ1n) is 5.40. The molecular weight excluding hydrogens is 270 g/mol. The molecule has 84 valence electrons. The Bertz CT molecular complexity index is 474. The van der Waals surface area contributed by atoms with E-state index in [-0.39, 0.29) is 11.5 Å². The average Bonchev–Trinajstić information content (AvgIpc) is 2.75. The predicted molar refractivity (Wildman–Crippen MR) is 63.7 cm³/mol. The van der Waals surface area contributed by atoms with Crippen molar-refractivity contribution in [2.24, 2.45) is 0 Å². The van der Waals surface area contributed by atoms with Gasteiger partial charge in [-0.15, -0.1) is 0 Å². The topological polar surface area (TPSA) is 49.3 Å². The van der Waals surface area contributed by atoms with Gasteiger partial charge in [0.25, 0.3) is 0 Å². The van der Waals surface area contributed by atoms with Crippen molar-refractivity contribution < 1.29 is 9.90 Å². The largest absolute Gasteiger partial charge is 0.465 e. The number of fused-ring (bicyclic) bond motifs is 2. The molecule has 0 aliphatic heterocycles. The molecule has 1 aromatic carbocycles. The number of halogens is 1. The first kappa shape index (κ1) is 10.1. The van der Waals surface area contributed by atoms with Crippen molar-refractivity contribution in [1.29, 1.82) is 0 Å². The molecule has 2 unspecified atom stereocenters. The number of carbonyl (C=O) groups is 1. The van der Waals surface area contributed by atoms with Crippen molar-refractivity contribution in [2.75, 3.05) is 0 Å². The Kier molecular flexibility index (Phi) is 2.05. The van der Waals surface area contributed by atoms with Crippen LogP contribution in [0.5, 0.6) is 0 Å². The maximum absolute atomic E-state index is 10.6. The summed E-state index contributed by atoms with van der Waals surface area (Å²) in [6.45, 7) is 0. The van der Waals surface area contributed by atoms with E-state index in [0.29, 0.717) is 0 Å². The lowest BCUT2D eigenvalue weighted by Crippen LogP contribution is -2.28. The molecule has 1 fully saturated rings. The molecule has 4 heteroatoms. The van der Waals surface area contributed by atoms with Gasteiger partial charge in [0.1, 0.15) is 0 Å². The van der Waals surface area contributed by atoms with E-state index in [4.69, 9.17) is 5.11 Å². The highest BCUT2D eigenvalue weighted by molar-refractivity contribution is 9.10. The Morgan fingerprint density at radius 3 is 3.12 bits per heavy atom. The highest BCUT2D eigenvalue weighted by Crippen LogP contribution is 2.57. The number of amides is 1. The molecule has 0 heterocycles. The first-order valence-corrected chi connectivity index (χ1v) is 6.19. The average molecular weight is 282 g/mol. The van der Waals surface area contributed by atoms with Gasteiger partial charge in [0.2, 0.25) is 0 Å². The Hall–Kier alpha value is -1.03. The predicted octanol–water partition coefficient (Wildman–Crippen LogP) is 2.67. The minimum atomic E-state index is -0.910. The molecule has 3 nitrogen and oxygen atoms in total. The summed E-state index contributed by atoms with van der Waals surface area (Å²) in [5, 5.41) is 11.4. The monoisotopic (exact) mass is 281 g/mol. The van der Waals surface area contributed by atoms with Crippen LogP contribution in [0.3, 0.4) is 0 Å². The summed E-state index contributed by atoms with van der Waals surface area (Å²) in [6.07, 6.45) is 2.18. The Morgan fingerprint density at radius 2 is 2.38 bits per heavy atom. The second-order valence-electron chi connectivity index (χ2n) is 4.66. The molecule has 2 aliphatic carbocycles. The normalized spacial score (nSPS) is 30.2. The first-order chi connectivity index (χ1) is 7.62. The molecule has 0 bridgehead atoms. The molecular formula is C12H12BrNO2. The van der Waals surface area contributed by atoms with Gasteiger partial charge in [-0.1, -0.05) is 22.0 Å². The van der Waals surface area contributed by atoms with Crippen LogP contribution >= 0.6 is 15.9 Å². The van der Waals surface area contributed by atoms with Crippen LogP contribution < -0.4 is 5.32 Å². The fourth-order valence-electron chi connectivity index (χ4n) is 2.96. The molecule has 1 spiro atoms. The van der Waals surface area contributed by atoms with Crippen LogP contribution in [0.2, 0.25) is 0 Å². The van der Waals surface area contributed by atoms with Crippen LogP contribution in [0.25, 0.3) is 0 Å². The molecule has 1 aromatic rings. The van der Waals surface area contributed by atoms with Gasteiger partial charge < -0.3 is 10.4 Å². The van der Waals surface area contributed by atoms with E-state index in [9.17, 15) is 4.79 Å². The fraction of sp³-hybridized carbons (Fsp3) is 0.417. The summed E-state index contributed by atoms with van der Waals surface area (Å²) in [5.41, 5.74) is 2.81. The van der Waals surface area contributed by atoms with E-state index in [1.807, 2.05) is 6.07 Å². The number of nitrogens with one attached hydrogen (secondary N) is 1. The van der Waals surface area contributed by atoms with E-state index in [1.54, 1.807) is 0 Å². The Balaban J connectivity index is 1.91. The number of hydrogen-bond acceptors (Lipinski definition) is 1. The van der Waals surface area contributed by atoms with Gasteiger partial charge in [0.15, 0.2) is 0 Å². The minimum Gasteiger partial charge on any atom is -0.465 e. The van der Waals surface area contributed by atoms with Gasteiger partial charge in [0.05, 0.1) is 0 Å². The number of benzene rings is 1. The van der Waals surface area contributed by atoms with Gasteiger partial charge in [-0.25, -0.2) is 4.79 Å². The highest BCUT2D eigenvalue weighted by atomic mass is 79.9. The van der Waals surface area contributed by atoms with E-state index in [0.717, 1.165) is 23.7 Å². The zero-order chi connectivity index (χ0) is 11.3. The summed E-state index contributed by atoms with van der Waals surface area (Å²) < 4.78 is 1.10. The van der Waals surface area contributed by atoms with Crippen molar-refractivity contribution in [3.05, 3.63) is 33.8 Å². The summed E-state index contributed by atoms with van der Waals surface area (Å²) in [5.74, 6) is 0. The van der Waals surface area contributed by atoms with E-state index in [2.05, 4.69) is 33.4 Å². The van der Waals surface area contributed by atoms with Crippen LogP contribution in [0, 0.1) is 0 Å². The summed E-state index contributed by atoms with van der Waals surface area (Å²) in [7, 11) is 0. The van der Waals surface area contributed by atoms with Gasteiger partial charge in [-0.2, -0.15) is 0 Å². The zero-order valence-electron chi connectivity index (χ0n) is 8.66. The fourth-order valence-corrected chi connectivity index (χ4v) is 3.37. The van der Waals surface area contributed by atoms with E-state index in [1.165, 1.54) is 11.1 Å². The number of aryl methyl sites for hydroxylation is 1. The van der Waals surface area contributed by atoms with E-state index >= 15 is 0 Å². The van der Waals surface area contributed by atoms with Crippen molar-refractivity contribution in [1.82, 2.24) is 5.32 Å². The smallest absolute Gasteiger partial charge is 0.404 e. The van der Waals surface area contributed by atoms with Gasteiger partial charge >= 0.3 is 6.09 Å². The molecule has 2 N–H and O–H groups in total. The molecule has 0 aromatic heterocycles. The number of hydrogen-bond donors (Lipinski definition) is 2. The van der Waals surface area contributed by atoms with Crippen LogP contribution in [-0.2, 0) is 11.8 Å². The molecule has 3 rings (SSSR count). The van der Waals surface area contributed by atoms with Crippen LogP contribution in [0.1, 0.15) is 24.0 Å². The lowest BCUT2D eigenvalue weighted by atomic mass is 9.97. The lowest BCUT2D eigenvalue weighted by Gasteiger charge is -2.11. The zero-order valence-corrected chi connectivity index (χ0v) is 10.3. The van der Waals surface area contributed by atoms with Crippen molar-refractivity contribution in [2.45, 2.75) is 30.7 Å². The summed E-state index contributed by atoms with van der Waals surface area (Å²) in [4.78, 5) is 10.6. The third kappa shape index (κ3) is 1.36. The third-order valence-corrected chi connectivity index (χ3v) is 4.31. The maximum Gasteiger partial charge on any atom is 0.404 e. The van der Waals surface area contributed by atoms with Crippen LogP contribution in [-0.4, -0.2) is 17.2 Å². The molecule has 2 aliphatic rings. The summed E-state index contributed by atoms with van der Waals surface area (Å²) in [6, 6.07) is 6.45. The van der Waals surface area contributed by atoms with E-state index < -0.39 is 6.09 Å². The number of rotatable bonds is 1. The summed E-state index contributed by atoms with van der Waals surface area (Å²) >= 11 is 3.47. The van der Waals surface area contributed by atoms with Gasteiger partial charge in [0, 0.05) is 15.9 Å². The van der Waals surface area contributed by atoms with Crippen molar-refractivity contribution in [3.63, 3.8) is 0 Å². The molecule has 1 amide bonds. The minimum absolute atomic E-state index is 0.106. The molecule has 1 saturated carbocycles. The molecule has 16 heavy (non-hydrogen) atoms. The molecule has 0 saturated heterocycles. The number of carboxylic acid groups (broad SMARTS) is 1. The standard InChI is InChI=1S/C12H12BrNO2/c13-8-1-2-9-7(5-8)3-4-12(9)6-10(12)14-11(15)16/h1-2,5,10,14H,3-4,6H2,(H,15,16). The molecule has 2 atom stereocenters. The van der Waals surface area contributed by atoms with Crippen LogP contribution in [0.15, 0.2) is 22.7 Å². The maximum atomic E-state index is 10.6. The highest BCUT2D eigenvalue weighted by Gasteiger charge is 2.58. The third-order valence-electron chi connectivity index (χ3n) is 3.82. The van der Waals surface area contributed by atoms with Crippen molar-refractivity contribution in [3.8, 4) is 0 Å². The SMILES string of the molecule is O=C(O)NC1CC12CCc1cc(Br)ccc12. The van der Waals surface area contributed by atoms with Crippen LogP contribution in [0.4, 0.5) is 4.79 Å². The Morgan fingerprint density at radius 1 is 1.56 bits per heavy atom. The van der Waals surface area contributed by atoms with Gasteiger partial charge in [-0.3, -0.25) is 0 Å². The van der Waals surface area contributed by atoms with Gasteiger partial charge in [-0.05, 0) is 42.5 Å². The quantitative estimate of drug-likeness (QED) is 0.832. The Labute approximate surface area is 102 Å². The van der Waals surface area contributed by atoms with Crippen molar-refractivity contribution >= 4 is 22.0 Å². The molecule has 0 radical (unpaired) electrons. The second-order valence-corrected chi connectivity index (χ2v) is 5.58. The lowest BCUT2D eigenvalue weighted by molar-refractivity contribution is 0.193.